The molecule has 1 unspecified atom stereocenters. The molecule has 0 spiro atoms. The lowest BCUT2D eigenvalue weighted by atomic mass is 9.97. The van der Waals surface area contributed by atoms with Crippen LogP contribution in [0.4, 0.5) is 0 Å². The van der Waals surface area contributed by atoms with Gasteiger partial charge in [0, 0.05) is 34.1 Å². The van der Waals surface area contributed by atoms with Crippen LogP contribution in [0.1, 0.15) is 30.1 Å². The maximum absolute atomic E-state index is 6.12. The lowest BCUT2D eigenvalue weighted by Crippen LogP contribution is -2.34. The van der Waals surface area contributed by atoms with Gasteiger partial charge in [0.25, 0.3) is 0 Å². The number of nitrogens with one attached hydrogen (secondary N) is 1. The van der Waals surface area contributed by atoms with Crippen LogP contribution in [0.3, 0.4) is 0 Å². The van der Waals surface area contributed by atoms with Crippen LogP contribution < -0.4 is 0 Å². The maximum atomic E-state index is 6.12. The largest absolute Gasteiger partial charge is 0.342 e. The van der Waals surface area contributed by atoms with E-state index in [1.165, 1.54) is 0 Å². The van der Waals surface area contributed by atoms with Crippen molar-refractivity contribution >= 4 is 45.8 Å². The van der Waals surface area contributed by atoms with Gasteiger partial charge in [-0.15, -0.1) is 0 Å². The molecule has 1 atom stereocenters. The number of nitrogens with zero attached hydrogens (tertiary/aromatic N) is 2. The second kappa shape index (κ2) is 7.16. The Kier molecular flexibility index (Phi) is 4.92. The number of halogens is 3. The number of hydrogen-bond donors (Lipinski definition) is 1. The molecule has 1 N–H and O–H groups in total. The second-order valence-electron chi connectivity index (χ2n) is 6.64. The number of aromatic amines is 1. The fraction of sp³-hybridized carbons (Fsp3) is 0.316. The second-order valence-corrected chi connectivity index (χ2v) is 7.94. The van der Waals surface area contributed by atoms with Gasteiger partial charge in [-0.1, -0.05) is 34.8 Å². The third-order valence-corrected chi connectivity index (χ3v) is 5.36. The van der Waals surface area contributed by atoms with Crippen LogP contribution in [0.2, 0.25) is 15.1 Å². The van der Waals surface area contributed by atoms with Crippen LogP contribution in [0.5, 0.6) is 0 Å². The van der Waals surface area contributed by atoms with Gasteiger partial charge in [-0.3, -0.25) is 4.90 Å². The molecule has 1 aliphatic heterocycles. The van der Waals surface area contributed by atoms with E-state index in [1.807, 2.05) is 30.3 Å². The number of imidazole rings is 1. The predicted molar refractivity (Wildman–Crippen MR) is 105 cm³/mol. The number of aromatic nitrogens is 2. The van der Waals surface area contributed by atoms with E-state index in [0.717, 1.165) is 54.9 Å². The number of benzene rings is 2. The highest BCUT2D eigenvalue weighted by atomic mass is 35.5. The zero-order valence-corrected chi connectivity index (χ0v) is 15.9. The van der Waals surface area contributed by atoms with Gasteiger partial charge >= 0.3 is 0 Å². The van der Waals surface area contributed by atoms with Crippen LogP contribution in [0, 0.1) is 0 Å². The molecule has 0 saturated carbocycles. The molecule has 0 bridgehead atoms. The van der Waals surface area contributed by atoms with E-state index in [0.29, 0.717) is 21.0 Å². The number of H-pyrrole nitrogens is 1. The predicted octanol–water partition coefficient (Wildman–Crippen LogP) is 5.90. The Balaban J connectivity index is 1.51. The lowest BCUT2D eigenvalue weighted by Gasteiger charge is -2.31. The fourth-order valence-electron chi connectivity index (χ4n) is 3.57. The van der Waals surface area contributed by atoms with E-state index in [4.69, 9.17) is 39.8 Å². The lowest BCUT2D eigenvalue weighted by molar-refractivity contribution is 0.197. The molecule has 2 aromatic carbocycles. The number of fused-ring (bicyclic) bond motifs is 1. The Morgan fingerprint density at radius 2 is 1.84 bits per heavy atom. The monoisotopic (exact) mass is 393 g/mol. The number of likely N-dealkylation sites (tertiary alicyclic amines) is 1. The first-order valence-electron chi connectivity index (χ1n) is 8.39. The first-order chi connectivity index (χ1) is 12.1. The molecule has 6 heteroatoms. The normalized spacial score (nSPS) is 18.8. The van der Waals surface area contributed by atoms with E-state index < -0.39 is 0 Å². The molecule has 2 heterocycles. The maximum Gasteiger partial charge on any atom is 0.111 e. The highest BCUT2D eigenvalue weighted by Crippen LogP contribution is 2.29. The number of piperidine rings is 1. The Bertz CT molecular complexity index is 886. The first kappa shape index (κ1) is 17.2. The van der Waals surface area contributed by atoms with Gasteiger partial charge in [0.1, 0.15) is 5.82 Å². The van der Waals surface area contributed by atoms with Crippen molar-refractivity contribution in [2.75, 3.05) is 13.1 Å². The Labute approximate surface area is 161 Å². The van der Waals surface area contributed by atoms with Gasteiger partial charge in [0.2, 0.25) is 0 Å². The Morgan fingerprint density at radius 3 is 2.64 bits per heavy atom. The molecule has 25 heavy (non-hydrogen) atoms. The summed E-state index contributed by atoms with van der Waals surface area (Å²) in [4.78, 5) is 10.7. The van der Waals surface area contributed by atoms with E-state index in [1.54, 1.807) is 6.07 Å². The van der Waals surface area contributed by atoms with Crippen molar-refractivity contribution in [1.82, 2.24) is 14.9 Å². The number of rotatable bonds is 3. The summed E-state index contributed by atoms with van der Waals surface area (Å²) < 4.78 is 0. The Morgan fingerprint density at radius 1 is 1.04 bits per heavy atom. The molecule has 1 fully saturated rings. The van der Waals surface area contributed by atoms with Crippen molar-refractivity contribution in [3.63, 3.8) is 0 Å². The summed E-state index contributed by atoms with van der Waals surface area (Å²) in [5.41, 5.74) is 3.12. The van der Waals surface area contributed by atoms with Gasteiger partial charge in [-0.05, 0) is 61.3 Å². The SMILES string of the molecule is Clc1cc(Cl)cc(CN2CCCC(c3nc4cc(Cl)ccc4[nH]3)C2)c1. The molecule has 3 nitrogen and oxygen atoms in total. The van der Waals surface area contributed by atoms with E-state index >= 15 is 0 Å². The van der Waals surface area contributed by atoms with E-state index in [2.05, 4.69) is 9.88 Å². The number of hydrogen-bond acceptors (Lipinski definition) is 2. The summed E-state index contributed by atoms with van der Waals surface area (Å²) in [7, 11) is 0. The molecule has 1 aromatic heterocycles. The van der Waals surface area contributed by atoms with Gasteiger partial charge < -0.3 is 4.98 Å². The minimum absolute atomic E-state index is 0.398. The molecule has 1 aliphatic rings. The average molecular weight is 395 g/mol. The Hall–Kier alpha value is -1.26. The van der Waals surface area contributed by atoms with Crippen molar-refractivity contribution in [3.8, 4) is 0 Å². The minimum atomic E-state index is 0.398. The van der Waals surface area contributed by atoms with Crippen LogP contribution in [0.15, 0.2) is 36.4 Å². The van der Waals surface area contributed by atoms with Crippen molar-refractivity contribution in [2.45, 2.75) is 25.3 Å². The first-order valence-corrected chi connectivity index (χ1v) is 9.53. The molecular weight excluding hydrogens is 377 g/mol. The standard InChI is InChI=1S/C19H18Cl3N3/c20-14-3-4-17-18(9-14)24-19(23-17)13-2-1-5-25(11-13)10-12-6-15(21)8-16(22)7-12/h3-4,6-9,13H,1-2,5,10-11H2,(H,23,24). The molecule has 1 saturated heterocycles. The van der Waals surface area contributed by atoms with Crippen LogP contribution in [-0.2, 0) is 6.54 Å². The molecular formula is C19H18Cl3N3. The molecule has 0 amide bonds. The zero-order valence-electron chi connectivity index (χ0n) is 13.6. The van der Waals surface area contributed by atoms with Crippen molar-refractivity contribution in [2.24, 2.45) is 0 Å². The third kappa shape index (κ3) is 3.95. The van der Waals surface area contributed by atoms with Crippen molar-refractivity contribution in [1.29, 1.82) is 0 Å². The fourth-order valence-corrected chi connectivity index (χ4v) is 4.31. The topological polar surface area (TPSA) is 31.9 Å². The third-order valence-electron chi connectivity index (χ3n) is 4.68. The zero-order chi connectivity index (χ0) is 17.4. The van der Waals surface area contributed by atoms with Crippen LogP contribution in [-0.4, -0.2) is 28.0 Å². The molecule has 0 radical (unpaired) electrons. The van der Waals surface area contributed by atoms with Gasteiger partial charge in [-0.25, -0.2) is 4.98 Å². The van der Waals surface area contributed by atoms with Crippen LogP contribution >= 0.6 is 34.8 Å². The average Bonchev–Trinajstić information content (AvgIpc) is 2.97. The summed E-state index contributed by atoms with van der Waals surface area (Å²) in [6.45, 7) is 2.90. The summed E-state index contributed by atoms with van der Waals surface area (Å²) >= 11 is 18.3. The highest BCUT2D eigenvalue weighted by molar-refractivity contribution is 6.34. The summed E-state index contributed by atoms with van der Waals surface area (Å²) in [6.07, 6.45) is 2.29. The van der Waals surface area contributed by atoms with Gasteiger partial charge in [0.05, 0.1) is 11.0 Å². The summed E-state index contributed by atoms with van der Waals surface area (Å²) in [6, 6.07) is 11.5. The molecule has 130 valence electrons. The molecule has 3 aromatic rings. The molecule has 4 rings (SSSR count). The smallest absolute Gasteiger partial charge is 0.111 e. The van der Waals surface area contributed by atoms with Gasteiger partial charge in [-0.2, -0.15) is 0 Å². The summed E-state index contributed by atoms with van der Waals surface area (Å²) in [5, 5.41) is 2.09. The van der Waals surface area contributed by atoms with E-state index in [9.17, 15) is 0 Å². The highest BCUT2D eigenvalue weighted by Gasteiger charge is 2.24. The minimum Gasteiger partial charge on any atom is -0.342 e. The van der Waals surface area contributed by atoms with Crippen LogP contribution in [0.25, 0.3) is 11.0 Å². The molecule has 0 aliphatic carbocycles. The van der Waals surface area contributed by atoms with Crippen molar-refractivity contribution < 1.29 is 0 Å². The summed E-state index contributed by atoms with van der Waals surface area (Å²) in [5.74, 6) is 1.45. The van der Waals surface area contributed by atoms with E-state index in [-0.39, 0.29) is 0 Å². The van der Waals surface area contributed by atoms with Gasteiger partial charge in [0.15, 0.2) is 0 Å². The quantitative estimate of drug-likeness (QED) is 0.599. The van der Waals surface area contributed by atoms with Crippen molar-refractivity contribution in [3.05, 3.63) is 62.9 Å².